The lowest BCUT2D eigenvalue weighted by atomic mass is 9.86. The number of hydrogen-bond donors (Lipinski definition) is 1. The zero-order valence-corrected chi connectivity index (χ0v) is 11.2. The number of aliphatic hydroxyl groups excluding tert-OH is 1. The summed E-state index contributed by atoms with van der Waals surface area (Å²) >= 11 is 0. The average molecular weight is 228 g/mol. The van der Waals surface area contributed by atoms with Crippen molar-refractivity contribution in [2.75, 3.05) is 46.4 Å². The van der Waals surface area contributed by atoms with E-state index in [0.29, 0.717) is 6.61 Å². The Morgan fingerprint density at radius 3 is 2.56 bits per heavy atom. The highest BCUT2D eigenvalue weighted by Gasteiger charge is 2.26. The van der Waals surface area contributed by atoms with Crippen LogP contribution in [-0.2, 0) is 0 Å². The maximum Gasteiger partial charge on any atom is 0.0497 e. The van der Waals surface area contributed by atoms with Crippen molar-refractivity contribution >= 4 is 0 Å². The summed E-state index contributed by atoms with van der Waals surface area (Å²) in [4.78, 5) is 4.92. The van der Waals surface area contributed by atoms with Gasteiger partial charge in [0.05, 0.1) is 0 Å². The molecular formula is C13H28N2O. The molecule has 0 saturated carbocycles. The lowest BCUT2D eigenvalue weighted by Crippen LogP contribution is -2.40. The second kappa shape index (κ2) is 6.58. The molecule has 0 amide bonds. The number of likely N-dealkylation sites (N-methyl/N-ethyl adjacent to an activating group) is 1. The van der Waals surface area contributed by atoms with Crippen molar-refractivity contribution in [1.29, 1.82) is 0 Å². The van der Waals surface area contributed by atoms with E-state index in [9.17, 15) is 5.11 Å². The zero-order valence-electron chi connectivity index (χ0n) is 11.2. The molecule has 0 aromatic rings. The molecule has 0 spiro atoms. The third-order valence-electron chi connectivity index (χ3n) is 3.65. The van der Waals surface area contributed by atoms with Gasteiger partial charge in [-0.25, -0.2) is 0 Å². The Hall–Kier alpha value is -0.120. The van der Waals surface area contributed by atoms with Gasteiger partial charge in [0.1, 0.15) is 0 Å². The van der Waals surface area contributed by atoms with Gasteiger partial charge in [0.25, 0.3) is 0 Å². The van der Waals surface area contributed by atoms with Gasteiger partial charge in [-0.1, -0.05) is 20.3 Å². The first-order valence-electron chi connectivity index (χ1n) is 6.61. The normalized spacial score (nSPS) is 24.0. The summed E-state index contributed by atoms with van der Waals surface area (Å²) in [6.07, 6.45) is 3.53. The predicted molar refractivity (Wildman–Crippen MR) is 68.7 cm³/mol. The molecule has 1 atom stereocenters. The molecule has 0 aromatic heterocycles. The van der Waals surface area contributed by atoms with E-state index < -0.39 is 0 Å². The summed E-state index contributed by atoms with van der Waals surface area (Å²) in [6, 6.07) is 0. The van der Waals surface area contributed by atoms with Crippen LogP contribution < -0.4 is 0 Å². The van der Waals surface area contributed by atoms with Crippen molar-refractivity contribution in [3.63, 3.8) is 0 Å². The van der Waals surface area contributed by atoms with Crippen LogP contribution in [0.1, 0.15) is 33.1 Å². The monoisotopic (exact) mass is 228 g/mol. The Balaban J connectivity index is 2.44. The van der Waals surface area contributed by atoms with Gasteiger partial charge in [-0.15, -0.1) is 0 Å². The SMILES string of the molecule is CCCC(C)(CO)CN1CCCN(C)CC1. The Labute approximate surface area is 100 Å². The summed E-state index contributed by atoms with van der Waals surface area (Å²) in [5.74, 6) is 0. The van der Waals surface area contributed by atoms with E-state index in [1.165, 1.54) is 19.5 Å². The van der Waals surface area contributed by atoms with Gasteiger partial charge in [0.2, 0.25) is 0 Å². The quantitative estimate of drug-likeness (QED) is 0.771. The molecule has 0 bridgehead atoms. The summed E-state index contributed by atoms with van der Waals surface area (Å²) in [6.45, 7) is 10.5. The molecule has 1 aliphatic heterocycles. The van der Waals surface area contributed by atoms with Crippen LogP contribution in [-0.4, -0.2) is 61.3 Å². The lowest BCUT2D eigenvalue weighted by molar-refractivity contribution is 0.0815. The lowest BCUT2D eigenvalue weighted by Gasteiger charge is -2.33. The van der Waals surface area contributed by atoms with E-state index >= 15 is 0 Å². The maximum atomic E-state index is 9.53. The third-order valence-corrected chi connectivity index (χ3v) is 3.65. The topological polar surface area (TPSA) is 26.7 Å². The van der Waals surface area contributed by atoms with Crippen LogP contribution in [0, 0.1) is 5.41 Å². The molecule has 0 radical (unpaired) electrons. The van der Waals surface area contributed by atoms with Crippen LogP contribution in [0.2, 0.25) is 0 Å². The maximum absolute atomic E-state index is 9.53. The molecule has 1 unspecified atom stereocenters. The van der Waals surface area contributed by atoms with Crippen molar-refractivity contribution < 1.29 is 5.11 Å². The molecule has 16 heavy (non-hydrogen) atoms. The summed E-state index contributed by atoms with van der Waals surface area (Å²) in [7, 11) is 2.20. The number of nitrogens with zero attached hydrogens (tertiary/aromatic N) is 2. The molecule has 1 rings (SSSR count). The molecule has 1 fully saturated rings. The summed E-state index contributed by atoms with van der Waals surface area (Å²) in [5, 5.41) is 9.53. The van der Waals surface area contributed by atoms with Crippen molar-refractivity contribution in [3.05, 3.63) is 0 Å². The van der Waals surface area contributed by atoms with E-state index in [1.54, 1.807) is 0 Å². The molecule has 1 N–H and O–H groups in total. The van der Waals surface area contributed by atoms with Crippen molar-refractivity contribution in [2.24, 2.45) is 5.41 Å². The first kappa shape index (κ1) is 13.9. The largest absolute Gasteiger partial charge is 0.396 e. The van der Waals surface area contributed by atoms with Crippen LogP contribution in [0.3, 0.4) is 0 Å². The number of aliphatic hydroxyl groups is 1. The van der Waals surface area contributed by atoms with E-state index in [-0.39, 0.29) is 5.41 Å². The molecule has 1 aliphatic rings. The van der Waals surface area contributed by atoms with Gasteiger partial charge in [-0.3, -0.25) is 0 Å². The van der Waals surface area contributed by atoms with Gasteiger partial charge in [-0.2, -0.15) is 0 Å². The van der Waals surface area contributed by atoms with Crippen molar-refractivity contribution in [1.82, 2.24) is 9.80 Å². The third kappa shape index (κ3) is 4.40. The first-order valence-corrected chi connectivity index (χ1v) is 6.61. The highest BCUT2D eigenvalue weighted by Crippen LogP contribution is 2.24. The fourth-order valence-corrected chi connectivity index (χ4v) is 2.61. The molecular weight excluding hydrogens is 200 g/mol. The van der Waals surface area contributed by atoms with Crippen LogP contribution in [0.25, 0.3) is 0 Å². The number of rotatable bonds is 5. The van der Waals surface area contributed by atoms with Gasteiger partial charge in [-0.05, 0) is 33.0 Å². The molecule has 1 heterocycles. The van der Waals surface area contributed by atoms with E-state index in [0.717, 1.165) is 32.5 Å². The minimum atomic E-state index is 0.0949. The smallest absolute Gasteiger partial charge is 0.0497 e. The molecule has 96 valence electrons. The van der Waals surface area contributed by atoms with Crippen LogP contribution in [0.4, 0.5) is 0 Å². The van der Waals surface area contributed by atoms with E-state index in [4.69, 9.17) is 0 Å². The summed E-state index contributed by atoms with van der Waals surface area (Å²) in [5.41, 5.74) is 0.0949. The minimum Gasteiger partial charge on any atom is -0.396 e. The Morgan fingerprint density at radius 1 is 1.19 bits per heavy atom. The van der Waals surface area contributed by atoms with Crippen molar-refractivity contribution in [2.45, 2.75) is 33.1 Å². The predicted octanol–water partition coefficient (Wildman–Crippen LogP) is 1.42. The Bertz CT molecular complexity index is 198. The highest BCUT2D eigenvalue weighted by molar-refractivity contribution is 4.79. The zero-order chi connectivity index (χ0) is 12.0. The standard InChI is InChI=1S/C13H28N2O/c1-4-6-13(2,12-16)11-15-8-5-7-14(3)9-10-15/h16H,4-12H2,1-3H3. The molecule has 0 aliphatic carbocycles. The Kier molecular flexibility index (Phi) is 5.73. The van der Waals surface area contributed by atoms with Gasteiger partial charge < -0.3 is 14.9 Å². The van der Waals surface area contributed by atoms with Gasteiger partial charge >= 0.3 is 0 Å². The van der Waals surface area contributed by atoms with Gasteiger partial charge in [0, 0.05) is 31.7 Å². The average Bonchev–Trinajstić information content (AvgIpc) is 2.44. The first-order chi connectivity index (χ1) is 7.59. The second-order valence-corrected chi connectivity index (χ2v) is 5.65. The van der Waals surface area contributed by atoms with Crippen molar-refractivity contribution in [3.8, 4) is 0 Å². The van der Waals surface area contributed by atoms with Crippen LogP contribution >= 0.6 is 0 Å². The van der Waals surface area contributed by atoms with Crippen LogP contribution in [0.5, 0.6) is 0 Å². The van der Waals surface area contributed by atoms with Gasteiger partial charge in [0.15, 0.2) is 0 Å². The second-order valence-electron chi connectivity index (χ2n) is 5.65. The number of hydrogen-bond acceptors (Lipinski definition) is 3. The van der Waals surface area contributed by atoms with E-state index in [2.05, 4.69) is 30.7 Å². The molecule has 1 saturated heterocycles. The molecule has 3 nitrogen and oxygen atoms in total. The fourth-order valence-electron chi connectivity index (χ4n) is 2.61. The minimum absolute atomic E-state index is 0.0949. The highest BCUT2D eigenvalue weighted by atomic mass is 16.3. The molecule has 0 aromatic carbocycles. The fraction of sp³-hybridized carbons (Fsp3) is 1.00. The Morgan fingerprint density at radius 2 is 1.94 bits per heavy atom. The molecule has 3 heteroatoms. The van der Waals surface area contributed by atoms with E-state index in [1.807, 2.05) is 0 Å². The summed E-state index contributed by atoms with van der Waals surface area (Å²) < 4.78 is 0. The van der Waals surface area contributed by atoms with Crippen LogP contribution in [0.15, 0.2) is 0 Å².